The maximum absolute atomic E-state index is 9.60. The molecule has 0 spiro atoms. The Morgan fingerprint density at radius 1 is 1.40 bits per heavy atom. The lowest BCUT2D eigenvalue weighted by Gasteiger charge is -1.98. The standard InChI is InChI=1S/C11H8N2OS/c12-6-5-11-13-9(7-15-11)8-3-1-2-4-10(8)14/h1-4,7,14H,5H2. The molecular weight excluding hydrogens is 208 g/mol. The molecule has 0 unspecified atom stereocenters. The minimum atomic E-state index is 0.214. The molecule has 0 radical (unpaired) electrons. The van der Waals surface area contributed by atoms with Gasteiger partial charge < -0.3 is 5.11 Å². The van der Waals surface area contributed by atoms with Crippen molar-refractivity contribution in [3.8, 4) is 23.1 Å². The molecule has 0 aliphatic rings. The molecule has 1 N–H and O–H groups in total. The summed E-state index contributed by atoms with van der Waals surface area (Å²) in [5.41, 5.74) is 1.43. The molecule has 0 aliphatic carbocycles. The maximum Gasteiger partial charge on any atom is 0.125 e. The van der Waals surface area contributed by atoms with Crippen molar-refractivity contribution in [3.05, 3.63) is 34.7 Å². The van der Waals surface area contributed by atoms with Crippen molar-refractivity contribution in [1.29, 1.82) is 5.26 Å². The molecule has 2 aromatic rings. The van der Waals surface area contributed by atoms with E-state index in [1.807, 2.05) is 17.5 Å². The number of phenols is 1. The van der Waals surface area contributed by atoms with E-state index in [0.29, 0.717) is 12.0 Å². The molecule has 2 rings (SSSR count). The molecule has 0 saturated carbocycles. The Balaban J connectivity index is 2.38. The normalized spacial score (nSPS) is 9.80. The first kappa shape index (κ1) is 9.69. The van der Waals surface area contributed by atoms with E-state index in [9.17, 15) is 5.11 Å². The fraction of sp³-hybridized carbons (Fsp3) is 0.0909. The van der Waals surface area contributed by atoms with Crippen molar-refractivity contribution < 1.29 is 5.11 Å². The Labute approximate surface area is 91.3 Å². The Morgan fingerprint density at radius 2 is 2.20 bits per heavy atom. The second-order valence-electron chi connectivity index (χ2n) is 2.98. The summed E-state index contributed by atoms with van der Waals surface area (Å²) in [5.74, 6) is 0.214. The Morgan fingerprint density at radius 3 is 2.93 bits per heavy atom. The van der Waals surface area contributed by atoms with E-state index >= 15 is 0 Å². The van der Waals surface area contributed by atoms with Crippen LogP contribution in [0, 0.1) is 11.3 Å². The fourth-order valence-corrected chi connectivity index (χ4v) is 2.00. The number of rotatable bonds is 2. The van der Waals surface area contributed by atoms with Gasteiger partial charge in [0.15, 0.2) is 0 Å². The van der Waals surface area contributed by atoms with E-state index < -0.39 is 0 Å². The van der Waals surface area contributed by atoms with Crippen molar-refractivity contribution >= 4 is 11.3 Å². The van der Waals surface area contributed by atoms with E-state index in [1.165, 1.54) is 11.3 Å². The zero-order chi connectivity index (χ0) is 10.7. The van der Waals surface area contributed by atoms with Gasteiger partial charge in [-0.1, -0.05) is 12.1 Å². The van der Waals surface area contributed by atoms with Gasteiger partial charge in [-0.05, 0) is 12.1 Å². The molecule has 3 nitrogen and oxygen atoms in total. The molecule has 1 heterocycles. The van der Waals surface area contributed by atoms with E-state index in [-0.39, 0.29) is 5.75 Å². The van der Waals surface area contributed by atoms with Crippen LogP contribution in [0.1, 0.15) is 5.01 Å². The average Bonchev–Trinajstić information content (AvgIpc) is 2.68. The predicted molar refractivity (Wildman–Crippen MR) is 58.5 cm³/mol. The lowest BCUT2D eigenvalue weighted by molar-refractivity contribution is 0.477. The van der Waals surface area contributed by atoms with Crippen LogP contribution in [0.4, 0.5) is 0 Å². The molecule has 0 bridgehead atoms. The highest BCUT2D eigenvalue weighted by atomic mass is 32.1. The Kier molecular flexibility index (Phi) is 2.66. The zero-order valence-electron chi connectivity index (χ0n) is 7.84. The second-order valence-corrected chi connectivity index (χ2v) is 3.92. The number of aromatic hydroxyl groups is 1. The summed E-state index contributed by atoms with van der Waals surface area (Å²) in [6.07, 6.45) is 0.318. The van der Waals surface area contributed by atoms with Gasteiger partial charge in [-0.2, -0.15) is 5.26 Å². The highest BCUT2D eigenvalue weighted by Crippen LogP contribution is 2.29. The summed E-state index contributed by atoms with van der Waals surface area (Å²) >= 11 is 1.43. The first-order valence-electron chi connectivity index (χ1n) is 4.41. The Bertz CT molecular complexity index is 513. The molecule has 0 saturated heterocycles. The summed E-state index contributed by atoms with van der Waals surface area (Å²) < 4.78 is 0. The number of nitrogens with zero attached hydrogens (tertiary/aromatic N) is 2. The third kappa shape index (κ3) is 1.97. The lowest BCUT2D eigenvalue weighted by atomic mass is 10.1. The number of benzene rings is 1. The van der Waals surface area contributed by atoms with Crippen LogP contribution in [0.25, 0.3) is 11.3 Å². The summed E-state index contributed by atoms with van der Waals surface area (Å²) in [6.45, 7) is 0. The number of thiazole rings is 1. The monoisotopic (exact) mass is 216 g/mol. The van der Waals surface area contributed by atoms with Crippen molar-refractivity contribution in [2.24, 2.45) is 0 Å². The zero-order valence-corrected chi connectivity index (χ0v) is 8.66. The largest absolute Gasteiger partial charge is 0.507 e. The number of hydrogen-bond donors (Lipinski definition) is 1. The molecular formula is C11H8N2OS. The van der Waals surface area contributed by atoms with Crippen molar-refractivity contribution in [2.45, 2.75) is 6.42 Å². The van der Waals surface area contributed by atoms with Crippen LogP contribution in [0.3, 0.4) is 0 Å². The van der Waals surface area contributed by atoms with Gasteiger partial charge in [0.05, 0.1) is 18.2 Å². The molecule has 0 aliphatic heterocycles. The minimum Gasteiger partial charge on any atom is -0.507 e. The molecule has 0 fully saturated rings. The molecule has 1 aromatic carbocycles. The molecule has 4 heteroatoms. The third-order valence-electron chi connectivity index (χ3n) is 1.96. The van der Waals surface area contributed by atoms with Gasteiger partial charge in [-0.25, -0.2) is 4.98 Å². The lowest BCUT2D eigenvalue weighted by Crippen LogP contribution is -1.81. The number of para-hydroxylation sites is 1. The summed E-state index contributed by atoms with van der Waals surface area (Å²) in [5, 5.41) is 20.7. The van der Waals surface area contributed by atoms with Crippen LogP contribution in [-0.4, -0.2) is 10.1 Å². The van der Waals surface area contributed by atoms with E-state index in [1.54, 1.807) is 18.2 Å². The molecule has 1 aromatic heterocycles. The summed E-state index contributed by atoms with van der Waals surface area (Å²) in [7, 11) is 0. The van der Waals surface area contributed by atoms with Crippen LogP contribution in [0.2, 0.25) is 0 Å². The third-order valence-corrected chi connectivity index (χ3v) is 2.81. The van der Waals surface area contributed by atoms with Gasteiger partial charge in [-0.3, -0.25) is 0 Å². The first-order valence-corrected chi connectivity index (χ1v) is 5.29. The van der Waals surface area contributed by atoms with Gasteiger partial charge in [0.25, 0.3) is 0 Å². The van der Waals surface area contributed by atoms with Crippen molar-refractivity contribution in [1.82, 2.24) is 4.98 Å². The molecule has 0 amide bonds. The molecule has 0 atom stereocenters. The fourth-order valence-electron chi connectivity index (χ4n) is 1.27. The SMILES string of the molecule is N#CCc1nc(-c2ccccc2O)cs1. The van der Waals surface area contributed by atoms with E-state index in [2.05, 4.69) is 4.98 Å². The van der Waals surface area contributed by atoms with Gasteiger partial charge in [0.1, 0.15) is 10.8 Å². The van der Waals surface area contributed by atoms with Gasteiger partial charge >= 0.3 is 0 Å². The van der Waals surface area contributed by atoms with Crippen LogP contribution in [0.15, 0.2) is 29.6 Å². The van der Waals surface area contributed by atoms with E-state index in [4.69, 9.17) is 5.26 Å². The highest BCUT2D eigenvalue weighted by Gasteiger charge is 2.07. The molecule has 15 heavy (non-hydrogen) atoms. The number of phenolic OH excluding ortho intramolecular Hbond substituents is 1. The first-order chi connectivity index (χ1) is 7.31. The van der Waals surface area contributed by atoms with Crippen LogP contribution >= 0.6 is 11.3 Å². The van der Waals surface area contributed by atoms with Crippen LogP contribution < -0.4 is 0 Å². The maximum atomic E-state index is 9.60. The smallest absolute Gasteiger partial charge is 0.125 e. The quantitative estimate of drug-likeness (QED) is 0.839. The van der Waals surface area contributed by atoms with Crippen LogP contribution in [-0.2, 0) is 6.42 Å². The highest BCUT2D eigenvalue weighted by molar-refractivity contribution is 7.10. The topological polar surface area (TPSA) is 56.9 Å². The van der Waals surface area contributed by atoms with Crippen LogP contribution in [0.5, 0.6) is 5.75 Å². The molecule has 74 valence electrons. The van der Waals surface area contributed by atoms with Gasteiger partial charge in [0.2, 0.25) is 0 Å². The van der Waals surface area contributed by atoms with Crippen molar-refractivity contribution in [2.75, 3.05) is 0 Å². The Hall–Kier alpha value is -1.86. The average molecular weight is 216 g/mol. The van der Waals surface area contributed by atoms with E-state index in [0.717, 1.165) is 10.7 Å². The predicted octanol–water partition coefficient (Wildman–Crippen LogP) is 2.58. The minimum absolute atomic E-state index is 0.214. The number of nitriles is 1. The number of hydrogen-bond acceptors (Lipinski definition) is 4. The van der Waals surface area contributed by atoms with Gasteiger partial charge in [0, 0.05) is 10.9 Å². The summed E-state index contributed by atoms with van der Waals surface area (Å²) in [4.78, 5) is 4.27. The van der Waals surface area contributed by atoms with Crippen molar-refractivity contribution in [3.63, 3.8) is 0 Å². The second kappa shape index (κ2) is 4.11. The number of aromatic nitrogens is 1. The van der Waals surface area contributed by atoms with Gasteiger partial charge in [-0.15, -0.1) is 11.3 Å². The summed E-state index contributed by atoms with van der Waals surface area (Å²) in [6, 6.07) is 9.09.